The van der Waals surface area contributed by atoms with Crippen molar-refractivity contribution in [1.82, 2.24) is 0 Å². The third kappa shape index (κ3) is 9.79. The minimum absolute atomic E-state index is 0.544. The van der Waals surface area contributed by atoms with Crippen molar-refractivity contribution >= 4 is 5.97 Å². The van der Waals surface area contributed by atoms with Crippen LogP contribution in [0.3, 0.4) is 0 Å². The van der Waals surface area contributed by atoms with Crippen LogP contribution in [0.15, 0.2) is 48.6 Å². The van der Waals surface area contributed by atoms with Gasteiger partial charge >= 0.3 is 61.6 Å². The Morgan fingerprint density at radius 1 is 0.387 bits per heavy atom. The molecular weight excluding hydrogens is 961 g/mol. The molecule has 2 aromatic carbocycles. The molecule has 2 aromatic rings. The number of esters is 1. The molecule has 62 heavy (non-hydrogen) atoms. The Kier molecular flexibility index (Phi) is 14.2. The minimum atomic E-state index is -6.92. The van der Waals surface area contributed by atoms with Gasteiger partial charge in [0.1, 0.15) is 17.1 Å². The summed E-state index contributed by atoms with van der Waals surface area (Å²) in [5, 5.41) is 45.9. The number of halogens is 27. The fourth-order valence-electron chi connectivity index (χ4n) is 4.34. The van der Waals surface area contributed by atoms with Gasteiger partial charge in [-0.25, -0.2) is 4.79 Å². The van der Waals surface area contributed by atoms with Gasteiger partial charge in [0.25, 0.3) is 22.4 Å². The van der Waals surface area contributed by atoms with E-state index in [-0.39, 0.29) is 0 Å². The number of benzene rings is 2. The van der Waals surface area contributed by atoms with Gasteiger partial charge in [-0.2, -0.15) is 119 Å². The average Bonchev–Trinajstić information content (AvgIpc) is 3.01. The van der Waals surface area contributed by atoms with Crippen LogP contribution in [0.4, 0.5) is 119 Å². The SMILES string of the molecule is C=C(C(=O)Oc1cc(C(O)(C(F)(F)F)C(F)(F)F)cc(C(O)(C(F)(F)F)C(F)(F)F)c1)C(F)(F)F.Oc1cc(C(O)(C(F)(F)F)C(F)(F)F)cc(C(O)(C(F)(F)F)C(F)(F)F)c1. The first kappa shape index (κ1) is 55.4. The third-order valence-corrected chi connectivity index (χ3v) is 7.58. The van der Waals surface area contributed by atoms with Crippen molar-refractivity contribution in [2.45, 2.75) is 78.0 Å². The second-order valence-electron chi connectivity index (χ2n) is 11.7. The molecule has 0 radical (unpaired) electrons. The molecule has 0 saturated heterocycles. The zero-order valence-corrected chi connectivity index (χ0v) is 27.9. The van der Waals surface area contributed by atoms with Gasteiger partial charge in [-0.15, -0.1) is 0 Å². The smallest absolute Gasteiger partial charge is 0.430 e. The highest BCUT2D eigenvalue weighted by Gasteiger charge is 2.76. The molecule has 5 N–H and O–H groups in total. The summed E-state index contributed by atoms with van der Waals surface area (Å²) in [6.07, 6.45) is -60.0. The van der Waals surface area contributed by atoms with Crippen molar-refractivity contribution in [1.29, 1.82) is 0 Å². The molecule has 7 nitrogen and oxygen atoms in total. The zero-order chi connectivity index (χ0) is 50.1. The molecule has 34 heteroatoms. The molecule has 0 saturated carbocycles. The number of aromatic hydroxyl groups is 1. The van der Waals surface area contributed by atoms with Crippen LogP contribution >= 0.6 is 0 Å². The molecule has 0 aromatic heterocycles. The summed E-state index contributed by atoms with van der Waals surface area (Å²) in [5.74, 6) is -6.93. The Morgan fingerprint density at radius 3 is 0.758 bits per heavy atom. The Hall–Kier alpha value is -4.60. The van der Waals surface area contributed by atoms with E-state index in [4.69, 9.17) is 15.3 Å². The molecule has 2 rings (SSSR count). The number of hydrogen-bond donors (Lipinski definition) is 5. The maximum absolute atomic E-state index is 13.1. The van der Waals surface area contributed by atoms with Gasteiger partial charge in [0.15, 0.2) is 0 Å². The van der Waals surface area contributed by atoms with E-state index in [1.807, 2.05) is 0 Å². The summed E-state index contributed by atoms with van der Waals surface area (Å²) in [6, 6.07) is -4.91. The number of rotatable bonds is 6. The molecule has 0 aliphatic carbocycles. The van der Waals surface area contributed by atoms with E-state index in [0.29, 0.717) is 0 Å². The highest BCUT2D eigenvalue weighted by molar-refractivity contribution is 5.90. The van der Waals surface area contributed by atoms with E-state index in [1.165, 1.54) is 0 Å². The Bertz CT molecular complexity index is 1790. The van der Waals surface area contributed by atoms with Crippen molar-refractivity contribution in [2.75, 3.05) is 0 Å². The van der Waals surface area contributed by atoms with Crippen LogP contribution in [-0.2, 0) is 27.2 Å². The molecule has 0 amide bonds. The van der Waals surface area contributed by atoms with E-state index < -0.39 is 160 Å². The summed E-state index contributed by atoms with van der Waals surface area (Å²) in [7, 11) is 0. The lowest BCUT2D eigenvalue weighted by atomic mass is 9.85. The van der Waals surface area contributed by atoms with Gasteiger partial charge in [0, 0.05) is 22.3 Å². The van der Waals surface area contributed by atoms with Crippen molar-refractivity contribution in [3.05, 3.63) is 70.8 Å². The van der Waals surface area contributed by atoms with Gasteiger partial charge < -0.3 is 30.3 Å². The number of alkyl halides is 27. The number of carbonyl (C=O) groups excluding carboxylic acids is 1. The largest absolute Gasteiger partial charge is 0.508 e. The number of aliphatic hydroxyl groups is 4. The minimum Gasteiger partial charge on any atom is -0.508 e. The predicted octanol–water partition coefficient (Wildman–Crippen LogP) is 9.35. The molecule has 356 valence electrons. The first-order valence-corrected chi connectivity index (χ1v) is 14.2. The first-order valence-electron chi connectivity index (χ1n) is 14.2. The lowest BCUT2D eigenvalue weighted by molar-refractivity contribution is -0.379. The normalized spacial score (nSPS) is 14.9. The van der Waals surface area contributed by atoms with Crippen LogP contribution in [-0.4, -0.2) is 87.1 Å². The molecule has 0 heterocycles. The van der Waals surface area contributed by atoms with E-state index in [9.17, 15) is 134 Å². The standard InChI is InChI=1S/C16H7F15O4.C12H6F12O3/c1-5(12(17,18)19)9(32)35-8-3-6(10(33,13(20,21)22)14(23,24)25)2-7(4-8)11(34,15(26,27)28)16(29,30)31;13-9(14,15)7(26,10(16,17)18)4-1-5(3-6(25)2-4)8(27,11(19,20)21)12(22,23)24/h2-4,33-34H,1H2;1-3,25-27H. The van der Waals surface area contributed by atoms with Gasteiger partial charge in [0.2, 0.25) is 0 Å². The second-order valence-corrected chi connectivity index (χ2v) is 11.7. The number of phenols is 1. The number of carbonyl (C=O) groups is 1. The lowest BCUT2D eigenvalue weighted by Gasteiger charge is -2.36. The average molecular weight is 974 g/mol. The van der Waals surface area contributed by atoms with Crippen LogP contribution in [0, 0.1) is 0 Å². The van der Waals surface area contributed by atoms with Gasteiger partial charge in [0.05, 0.1) is 0 Å². The highest BCUT2D eigenvalue weighted by atomic mass is 19.5. The molecule has 0 aliphatic rings. The van der Waals surface area contributed by atoms with Gasteiger partial charge in [-0.3, -0.25) is 0 Å². The molecule has 0 bridgehead atoms. The lowest BCUT2D eigenvalue weighted by Crippen LogP contribution is -2.55. The van der Waals surface area contributed by atoms with E-state index in [0.717, 1.165) is 0 Å². The number of ether oxygens (including phenoxy) is 1. The van der Waals surface area contributed by atoms with Crippen LogP contribution < -0.4 is 4.74 Å². The van der Waals surface area contributed by atoms with Crippen LogP contribution in [0.25, 0.3) is 0 Å². The van der Waals surface area contributed by atoms with Crippen molar-refractivity contribution in [3.63, 3.8) is 0 Å². The molecule has 0 unspecified atom stereocenters. The summed E-state index contributed by atoms with van der Waals surface area (Å²) < 4.78 is 352. The Balaban J connectivity index is 0.000000641. The quantitative estimate of drug-likeness (QED) is 0.0846. The van der Waals surface area contributed by atoms with Crippen LogP contribution in [0.5, 0.6) is 11.5 Å². The zero-order valence-electron chi connectivity index (χ0n) is 27.9. The number of phenolic OH excluding ortho intramolecular Hbond substituents is 1. The van der Waals surface area contributed by atoms with Crippen molar-refractivity contribution in [2.24, 2.45) is 0 Å². The Labute approximate surface area is 320 Å². The molecular formula is C28H13F27O7. The maximum Gasteiger partial charge on any atom is 0.430 e. The maximum atomic E-state index is 13.1. The van der Waals surface area contributed by atoms with Gasteiger partial charge in [-0.05, 0) is 36.4 Å². The summed E-state index contributed by atoms with van der Waals surface area (Å²) >= 11 is 0. The molecule has 0 fully saturated rings. The van der Waals surface area contributed by atoms with Crippen molar-refractivity contribution < 1.29 is 154 Å². The molecule has 0 atom stereocenters. The van der Waals surface area contributed by atoms with E-state index in [2.05, 4.69) is 11.3 Å². The topological polar surface area (TPSA) is 127 Å². The fraction of sp³-hybridized carbons (Fsp3) is 0.464. The fourth-order valence-corrected chi connectivity index (χ4v) is 4.34. The monoisotopic (exact) mass is 974 g/mol. The summed E-state index contributed by atoms with van der Waals surface area (Å²) in [4.78, 5) is 11.4. The molecule has 0 spiro atoms. The van der Waals surface area contributed by atoms with Crippen LogP contribution in [0.1, 0.15) is 22.3 Å². The first-order chi connectivity index (χ1) is 26.7. The summed E-state index contributed by atoms with van der Waals surface area (Å²) in [6.45, 7) is 2.10. The van der Waals surface area contributed by atoms with E-state index >= 15 is 0 Å². The van der Waals surface area contributed by atoms with Crippen molar-refractivity contribution in [3.8, 4) is 11.5 Å². The molecule has 0 aliphatic heterocycles. The van der Waals surface area contributed by atoms with Gasteiger partial charge in [-0.1, -0.05) is 6.58 Å². The summed E-state index contributed by atoms with van der Waals surface area (Å²) in [5.41, 5.74) is -38.0. The van der Waals surface area contributed by atoms with Crippen LogP contribution in [0.2, 0.25) is 0 Å². The highest BCUT2D eigenvalue weighted by Crippen LogP contribution is 2.57. The number of hydrogen-bond acceptors (Lipinski definition) is 7. The Morgan fingerprint density at radius 2 is 0.581 bits per heavy atom. The second kappa shape index (κ2) is 15.9. The third-order valence-electron chi connectivity index (χ3n) is 7.58. The predicted molar refractivity (Wildman–Crippen MR) is 139 cm³/mol. The van der Waals surface area contributed by atoms with E-state index in [1.54, 1.807) is 0 Å².